The summed E-state index contributed by atoms with van der Waals surface area (Å²) in [5, 5.41) is 3.01. The third-order valence-electron chi connectivity index (χ3n) is 4.40. The summed E-state index contributed by atoms with van der Waals surface area (Å²) < 4.78 is 38.3. The van der Waals surface area contributed by atoms with Crippen LogP contribution in [0.1, 0.15) is 16.1 Å². The monoisotopic (exact) mass is 406 g/mol. The first kappa shape index (κ1) is 18.2. The van der Waals surface area contributed by atoms with Crippen molar-refractivity contribution in [3.63, 3.8) is 0 Å². The Morgan fingerprint density at radius 2 is 2.04 bits per heavy atom. The molecule has 27 heavy (non-hydrogen) atoms. The molecule has 0 radical (unpaired) electrons. The topological polar surface area (TPSA) is 88.7 Å². The highest BCUT2D eigenvalue weighted by Gasteiger charge is 2.28. The van der Waals surface area contributed by atoms with Gasteiger partial charge in [-0.15, -0.1) is 11.3 Å². The Hall–Kier alpha value is -2.20. The summed E-state index contributed by atoms with van der Waals surface area (Å²) in [5.74, 6) is -0.589. The van der Waals surface area contributed by atoms with Crippen LogP contribution in [0.5, 0.6) is 0 Å². The molecule has 0 spiro atoms. The number of morpholine rings is 1. The summed E-state index contributed by atoms with van der Waals surface area (Å²) in [6.07, 6.45) is 1.32. The van der Waals surface area contributed by atoms with E-state index < -0.39 is 16.0 Å². The van der Waals surface area contributed by atoms with Crippen LogP contribution in [0.15, 0.2) is 46.8 Å². The lowest BCUT2D eigenvalue weighted by atomic mass is 10.2. The number of ether oxygens (including phenoxy) is 2. The van der Waals surface area contributed by atoms with Crippen molar-refractivity contribution in [3.05, 3.63) is 53.2 Å². The van der Waals surface area contributed by atoms with Crippen molar-refractivity contribution in [2.45, 2.75) is 11.5 Å². The van der Waals surface area contributed by atoms with Crippen molar-refractivity contribution >= 4 is 37.4 Å². The Bertz CT molecular complexity index is 1060. The molecule has 142 valence electrons. The lowest BCUT2D eigenvalue weighted by Gasteiger charge is -2.25. The van der Waals surface area contributed by atoms with Gasteiger partial charge in [-0.2, -0.15) is 4.31 Å². The minimum Gasteiger partial charge on any atom is -0.456 e. The Labute approximate surface area is 160 Å². The molecule has 0 bridgehead atoms. The van der Waals surface area contributed by atoms with Crippen molar-refractivity contribution in [1.82, 2.24) is 9.29 Å². The van der Waals surface area contributed by atoms with Gasteiger partial charge in [0.1, 0.15) is 17.2 Å². The van der Waals surface area contributed by atoms with E-state index in [4.69, 9.17) is 9.47 Å². The van der Waals surface area contributed by atoms with Crippen LogP contribution in [0, 0.1) is 0 Å². The number of carbonyl (C=O) groups excluding carboxylic acids is 1. The SMILES string of the molecule is O=C(OCc1csc2ccccc12)c1cc(S(=O)(=O)N2CCOCC2)c[nH]1. The van der Waals surface area contributed by atoms with Crippen molar-refractivity contribution in [1.29, 1.82) is 0 Å². The van der Waals surface area contributed by atoms with Crippen LogP contribution in [0.4, 0.5) is 0 Å². The van der Waals surface area contributed by atoms with Gasteiger partial charge in [-0.05, 0) is 22.9 Å². The van der Waals surface area contributed by atoms with Gasteiger partial charge in [0.05, 0.1) is 13.2 Å². The molecule has 1 N–H and O–H groups in total. The molecule has 0 atom stereocenters. The van der Waals surface area contributed by atoms with E-state index in [1.165, 1.54) is 16.6 Å². The second kappa shape index (κ2) is 7.43. The Morgan fingerprint density at radius 3 is 2.85 bits per heavy atom. The van der Waals surface area contributed by atoms with E-state index in [1.54, 1.807) is 11.3 Å². The summed E-state index contributed by atoms with van der Waals surface area (Å²) in [6.45, 7) is 1.48. The number of aromatic nitrogens is 1. The van der Waals surface area contributed by atoms with Gasteiger partial charge in [0, 0.05) is 29.5 Å². The number of fused-ring (bicyclic) bond motifs is 1. The van der Waals surface area contributed by atoms with Crippen LogP contribution >= 0.6 is 11.3 Å². The third-order valence-corrected chi connectivity index (χ3v) is 7.29. The molecule has 0 aliphatic carbocycles. The summed E-state index contributed by atoms with van der Waals surface area (Å²) in [6, 6.07) is 9.21. The minimum absolute atomic E-state index is 0.0531. The van der Waals surface area contributed by atoms with Gasteiger partial charge in [0.2, 0.25) is 10.0 Å². The Kier molecular flexibility index (Phi) is 5.00. The molecule has 9 heteroatoms. The second-order valence-corrected chi connectivity index (χ2v) is 8.95. The zero-order valence-electron chi connectivity index (χ0n) is 14.4. The normalized spacial score (nSPS) is 15.9. The smallest absolute Gasteiger partial charge is 0.355 e. The number of rotatable bonds is 5. The van der Waals surface area contributed by atoms with Gasteiger partial charge in [-0.25, -0.2) is 13.2 Å². The molecular weight excluding hydrogens is 388 g/mol. The highest BCUT2D eigenvalue weighted by Crippen LogP contribution is 2.26. The number of sulfonamides is 1. The molecule has 0 saturated carbocycles. The number of aromatic amines is 1. The minimum atomic E-state index is -3.65. The first-order valence-electron chi connectivity index (χ1n) is 8.44. The molecule has 1 fully saturated rings. The van der Waals surface area contributed by atoms with E-state index in [2.05, 4.69) is 4.98 Å². The van der Waals surface area contributed by atoms with Crippen LogP contribution in [0.2, 0.25) is 0 Å². The fourth-order valence-electron chi connectivity index (χ4n) is 2.94. The fraction of sp³-hybridized carbons (Fsp3) is 0.278. The highest BCUT2D eigenvalue weighted by atomic mass is 32.2. The lowest BCUT2D eigenvalue weighted by Crippen LogP contribution is -2.40. The van der Waals surface area contributed by atoms with Gasteiger partial charge in [0.25, 0.3) is 0 Å². The molecule has 3 aromatic rings. The molecule has 0 unspecified atom stereocenters. The van der Waals surface area contributed by atoms with Crippen molar-refractivity contribution in [2.75, 3.05) is 26.3 Å². The summed E-state index contributed by atoms with van der Waals surface area (Å²) in [7, 11) is -3.65. The molecule has 1 saturated heterocycles. The Balaban J connectivity index is 1.45. The van der Waals surface area contributed by atoms with Gasteiger partial charge >= 0.3 is 5.97 Å². The van der Waals surface area contributed by atoms with Crippen molar-refractivity contribution in [2.24, 2.45) is 0 Å². The van der Waals surface area contributed by atoms with Crippen LogP contribution in [0.25, 0.3) is 10.1 Å². The third kappa shape index (κ3) is 3.63. The number of nitrogens with one attached hydrogen (secondary N) is 1. The van der Waals surface area contributed by atoms with E-state index in [0.717, 1.165) is 15.6 Å². The van der Waals surface area contributed by atoms with E-state index in [1.807, 2.05) is 29.6 Å². The molecule has 1 aliphatic heterocycles. The number of hydrogen-bond acceptors (Lipinski definition) is 6. The van der Waals surface area contributed by atoms with Gasteiger partial charge in [-0.3, -0.25) is 0 Å². The Morgan fingerprint density at radius 1 is 1.26 bits per heavy atom. The van der Waals surface area contributed by atoms with Gasteiger partial charge in [-0.1, -0.05) is 18.2 Å². The number of hydrogen-bond donors (Lipinski definition) is 1. The van der Waals surface area contributed by atoms with Crippen LogP contribution in [-0.2, 0) is 26.1 Å². The standard InChI is InChI=1S/C18H18N2O5S2/c21-18(25-11-13-12-26-17-4-2-1-3-15(13)17)16-9-14(10-19-16)27(22,23)20-5-7-24-8-6-20/h1-4,9-10,12,19H,5-8,11H2. The van der Waals surface area contributed by atoms with E-state index in [-0.39, 0.29) is 17.2 Å². The molecule has 0 amide bonds. The van der Waals surface area contributed by atoms with Crippen LogP contribution in [-0.4, -0.2) is 50.0 Å². The fourth-order valence-corrected chi connectivity index (χ4v) is 5.29. The van der Waals surface area contributed by atoms with E-state index in [9.17, 15) is 13.2 Å². The largest absolute Gasteiger partial charge is 0.456 e. The number of nitrogens with zero attached hydrogens (tertiary/aromatic N) is 1. The maximum atomic E-state index is 12.6. The molecule has 4 rings (SSSR count). The molecule has 1 aliphatic rings. The number of thiophene rings is 1. The second-order valence-electron chi connectivity index (χ2n) is 6.10. The van der Waals surface area contributed by atoms with Crippen LogP contribution in [0.3, 0.4) is 0 Å². The average Bonchev–Trinajstić information content (AvgIpc) is 3.35. The van der Waals surface area contributed by atoms with Crippen LogP contribution < -0.4 is 0 Å². The quantitative estimate of drug-likeness (QED) is 0.658. The average molecular weight is 406 g/mol. The van der Waals surface area contributed by atoms with Gasteiger partial charge in [0.15, 0.2) is 0 Å². The number of esters is 1. The maximum absolute atomic E-state index is 12.6. The van der Waals surface area contributed by atoms with E-state index >= 15 is 0 Å². The summed E-state index contributed by atoms with van der Waals surface area (Å²) in [5.41, 5.74) is 1.04. The van der Waals surface area contributed by atoms with Crippen molar-refractivity contribution in [3.8, 4) is 0 Å². The van der Waals surface area contributed by atoms with E-state index in [0.29, 0.717) is 26.3 Å². The molecule has 7 nitrogen and oxygen atoms in total. The maximum Gasteiger partial charge on any atom is 0.355 e. The number of benzene rings is 1. The zero-order valence-corrected chi connectivity index (χ0v) is 16.0. The number of carbonyl (C=O) groups is 1. The number of H-pyrrole nitrogens is 1. The molecule has 3 heterocycles. The molecule has 2 aromatic heterocycles. The molecule has 1 aromatic carbocycles. The first-order valence-corrected chi connectivity index (χ1v) is 10.8. The summed E-state index contributed by atoms with van der Waals surface area (Å²) >= 11 is 1.59. The predicted molar refractivity (Wildman–Crippen MR) is 101 cm³/mol. The van der Waals surface area contributed by atoms with Crippen molar-refractivity contribution < 1.29 is 22.7 Å². The highest BCUT2D eigenvalue weighted by molar-refractivity contribution is 7.89. The first-order chi connectivity index (χ1) is 13.1. The zero-order chi connectivity index (χ0) is 18.9. The predicted octanol–water partition coefficient (Wildman–Crippen LogP) is 2.61. The molecular formula is C18H18N2O5S2. The lowest BCUT2D eigenvalue weighted by molar-refractivity contribution is 0.0468. The summed E-state index contributed by atoms with van der Waals surface area (Å²) in [4.78, 5) is 15.1. The van der Waals surface area contributed by atoms with Gasteiger partial charge < -0.3 is 14.5 Å².